The van der Waals surface area contributed by atoms with Crippen LogP contribution in [0.25, 0.3) is 0 Å². The van der Waals surface area contributed by atoms with Gasteiger partial charge in [-0.2, -0.15) is 0 Å². The molecule has 114 valence electrons. The minimum absolute atomic E-state index is 0.138. The van der Waals surface area contributed by atoms with Crippen LogP contribution in [0.5, 0.6) is 0 Å². The maximum Gasteiger partial charge on any atom is 0.149 e. The smallest absolute Gasteiger partial charge is 0.149 e. The number of hydrogen-bond donors (Lipinski definition) is 1. The molecule has 0 spiro atoms. The number of pyridine rings is 1. The number of nitrogens with one attached hydrogen (secondary N) is 1. The van der Waals surface area contributed by atoms with Crippen molar-refractivity contribution in [3.8, 4) is 0 Å². The minimum atomic E-state index is -2.95. The summed E-state index contributed by atoms with van der Waals surface area (Å²) in [4.78, 5) is 6.35. The van der Waals surface area contributed by atoms with E-state index in [-0.39, 0.29) is 5.75 Å². The zero-order valence-electron chi connectivity index (χ0n) is 13.0. The first kappa shape index (κ1) is 16.9. The van der Waals surface area contributed by atoms with Crippen LogP contribution in [0.15, 0.2) is 12.1 Å². The second-order valence-corrected chi connectivity index (χ2v) is 7.82. The SMILES string of the molecule is Cc1cc(CNC(C)C)cc(N(C)CCS(C)(=O)=O)n1. The monoisotopic (exact) mass is 299 g/mol. The summed E-state index contributed by atoms with van der Waals surface area (Å²) in [5.74, 6) is 0.952. The predicted octanol–water partition coefficient (Wildman–Crippen LogP) is 1.37. The molecule has 0 saturated carbocycles. The number of rotatable bonds is 7. The molecule has 0 fully saturated rings. The van der Waals surface area contributed by atoms with Gasteiger partial charge in [0.05, 0.1) is 5.75 Å². The summed E-state index contributed by atoms with van der Waals surface area (Å²) in [6.07, 6.45) is 1.25. The van der Waals surface area contributed by atoms with Crippen molar-refractivity contribution in [1.29, 1.82) is 0 Å². The Morgan fingerprint density at radius 3 is 2.55 bits per heavy atom. The lowest BCUT2D eigenvalue weighted by atomic mass is 10.2. The standard InChI is InChI=1S/C14H25N3O2S/c1-11(2)15-10-13-8-12(3)16-14(9-13)17(4)6-7-20(5,18)19/h8-9,11,15H,6-7,10H2,1-5H3. The van der Waals surface area contributed by atoms with Crippen LogP contribution in [0, 0.1) is 6.92 Å². The molecule has 5 nitrogen and oxygen atoms in total. The van der Waals surface area contributed by atoms with Gasteiger partial charge in [-0.3, -0.25) is 0 Å². The topological polar surface area (TPSA) is 62.3 Å². The van der Waals surface area contributed by atoms with Gasteiger partial charge in [0.2, 0.25) is 0 Å². The minimum Gasteiger partial charge on any atom is -0.359 e. The first-order chi connectivity index (χ1) is 9.17. The highest BCUT2D eigenvalue weighted by molar-refractivity contribution is 7.90. The lowest BCUT2D eigenvalue weighted by molar-refractivity contribution is 0.588. The van der Waals surface area contributed by atoms with E-state index in [2.05, 4.69) is 24.1 Å². The Balaban J connectivity index is 2.78. The van der Waals surface area contributed by atoms with Gasteiger partial charge in [0.15, 0.2) is 0 Å². The van der Waals surface area contributed by atoms with Crippen LogP contribution in [0.2, 0.25) is 0 Å². The fourth-order valence-electron chi connectivity index (χ4n) is 1.76. The van der Waals surface area contributed by atoms with Gasteiger partial charge in [-0.1, -0.05) is 13.8 Å². The average Bonchev–Trinajstić information content (AvgIpc) is 2.32. The third-order valence-corrected chi connectivity index (χ3v) is 3.83. The molecule has 0 bridgehead atoms. The van der Waals surface area contributed by atoms with Crippen LogP contribution in [0.1, 0.15) is 25.1 Å². The van der Waals surface area contributed by atoms with E-state index in [1.165, 1.54) is 6.26 Å². The first-order valence-electron chi connectivity index (χ1n) is 6.77. The van der Waals surface area contributed by atoms with Crippen molar-refractivity contribution in [3.63, 3.8) is 0 Å². The summed E-state index contributed by atoms with van der Waals surface area (Å²) < 4.78 is 22.4. The van der Waals surface area contributed by atoms with Crippen molar-refractivity contribution in [3.05, 3.63) is 23.4 Å². The highest BCUT2D eigenvalue weighted by Gasteiger charge is 2.09. The quantitative estimate of drug-likeness (QED) is 0.824. The molecule has 0 aliphatic carbocycles. The van der Waals surface area contributed by atoms with Gasteiger partial charge in [0, 0.05) is 38.1 Å². The molecule has 20 heavy (non-hydrogen) atoms. The Bertz CT molecular complexity index is 541. The Labute approximate surface area is 122 Å². The summed E-state index contributed by atoms with van der Waals surface area (Å²) in [5.41, 5.74) is 2.10. The Morgan fingerprint density at radius 2 is 2.00 bits per heavy atom. The van der Waals surface area contributed by atoms with Crippen LogP contribution in [0.3, 0.4) is 0 Å². The van der Waals surface area contributed by atoms with E-state index in [1.54, 1.807) is 0 Å². The van der Waals surface area contributed by atoms with Crippen LogP contribution < -0.4 is 10.2 Å². The van der Waals surface area contributed by atoms with Gasteiger partial charge >= 0.3 is 0 Å². The molecule has 1 rings (SSSR count). The molecule has 0 atom stereocenters. The molecule has 0 saturated heterocycles. The molecular weight excluding hydrogens is 274 g/mol. The van der Waals surface area contributed by atoms with Gasteiger partial charge in [0.25, 0.3) is 0 Å². The fraction of sp³-hybridized carbons (Fsp3) is 0.643. The molecule has 0 aromatic carbocycles. The zero-order valence-corrected chi connectivity index (χ0v) is 13.8. The molecular formula is C14H25N3O2S. The van der Waals surface area contributed by atoms with Crippen molar-refractivity contribution in [1.82, 2.24) is 10.3 Å². The molecule has 0 aliphatic heterocycles. The molecule has 0 unspecified atom stereocenters. The molecule has 0 aliphatic rings. The molecule has 1 N–H and O–H groups in total. The van der Waals surface area contributed by atoms with Gasteiger partial charge in [-0.25, -0.2) is 13.4 Å². The van der Waals surface area contributed by atoms with Crippen LogP contribution >= 0.6 is 0 Å². The third-order valence-electron chi connectivity index (χ3n) is 2.90. The number of nitrogens with zero attached hydrogens (tertiary/aromatic N) is 2. The van der Waals surface area contributed by atoms with Crippen molar-refractivity contribution < 1.29 is 8.42 Å². The van der Waals surface area contributed by atoms with E-state index < -0.39 is 9.84 Å². The molecule has 6 heteroatoms. The van der Waals surface area contributed by atoms with Crippen molar-refractivity contribution in [2.45, 2.75) is 33.4 Å². The Morgan fingerprint density at radius 1 is 1.35 bits per heavy atom. The van der Waals surface area contributed by atoms with E-state index in [0.717, 1.165) is 23.6 Å². The van der Waals surface area contributed by atoms with E-state index >= 15 is 0 Å². The molecule has 0 amide bonds. The van der Waals surface area contributed by atoms with Crippen LogP contribution in [0.4, 0.5) is 5.82 Å². The zero-order chi connectivity index (χ0) is 15.3. The maximum atomic E-state index is 11.2. The number of hydrogen-bond acceptors (Lipinski definition) is 5. The Kier molecular flexibility index (Phi) is 5.95. The van der Waals surface area contributed by atoms with Crippen LogP contribution in [-0.4, -0.2) is 45.0 Å². The second kappa shape index (κ2) is 7.04. The number of aryl methyl sites for hydroxylation is 1. The summed E-state index contributed by atoms with van der Waals surface area (Å²) >= 11 is 0. The van der Waals surface area contributed by atoms with Gasteiger partial charge in [-0.05, 0) is 24.6 Å². The van der Waals surface area contributed by atoms with Crippen LogP contribution in [-0.2, 0) is 16.4 Å². The first-order valence-corrected chi connectivity index (χ1v) is 8.83. The summed E-state index contributed by atoms with van der Waals surface area (Å²) in [5, 5.41) is 3.37. The summed E-state index contributed by atoms with van der Waals surface area (Å²) in [6.45, 7) is 7.40. The van der Waals surface area contributed by atoms with E-state index in [0.29, 0.717) is 12.6 Å². The van der Waals surface area contributed by atoms with Crippen molar-refractivity contribution in [2.24, 2.45) is 0 Å². The number of anilines is 1. The number of aromatic nitrogens is 1. The van der Waals surface area contributed by atoms with E-state index in [4.69, 9.17) is 0 Å². The van der Waals surface area contributed by atoms with Crippen molar-refractivity contribution in [2.75, 3.05) is 30.5 Å². The summed E-state index contributed by atoms with van der Waals surface area (Å²) in [7, 11) is -1.08. The molecule has 1 aromatic rings. The lowest BCUT2D eigenvalue weighted by Crippen LogP contribution is -2.26. The molecule has 1 heterocycles. The maximum absolute atomic E-state index is 11.2. The molecule has 0 radical (unpaired) electrons. The van der Waals surface area contributed by atoms with Gasteiger partial charge < -0.3 is 10.2 Å². The molecule has 1 aromatic heterocycles. The van der Waals surface area contributed by atoms with Gasteiger partial charge in [-0.15, -0.1) is 0 Å². The van der Waals surface area contributed by atoms with E-state index in [1.807, 2.05) is 31.0 Å². The largest absolute Gasteiger partial charge is 0.359 e. The van der Waals surface area contributed by atoms with Crippen molar-refractivity contribution >= 4 is 15.7 Å². The summed E-state index contributed by atoms with van der Waals surface area (Å²) in [6, 6.07) is 4.48. The fourth-order valence-corrected chi connectivity index (χ4v) is 2.36. The van der Waals surface area contributed by atoms with Gasteiger partial charge in [0.1, 0.15) is 15.7 Å². The second-order valence-electron chi connectivity index (χ2n) is 5.56. The van der Waals surface area contributed by atoms with E-state index in [9.17, 15) is 8.42 Å². The predicted molar refractivity (Wildman–Crippen MR) is 83.9 cm³/mol. The highest BCUT2D eigenvalue weighted by atomic mass is 32.2. The highest BCUT2D eigenvalue weighted by Crippen LogP contribution is 2.14. The number of sulfone groups is 1. The Hall–Kier alpha value is -1.14. The normalized spacial score (nSPS) is 11.9. The lowest BCUT2D eigenvalue weighted by Gasteiger charge is -2.19. The average molecular weight is 299 g/mol. The third kappa shape index (κ3) is 6.34.